The minimum atomic E-state index is -3.90. The molecule has 0 aliphatic carbocycles. The summed E-state index contributed by atoms with van der Waals surface area (Å²) in [6.07, 6.45) is 2.98. The van der Waals surface area contributed by atoms with Crippen molar-refractivity contribution in [3.05, 3.63) is 76.7 Å². The highest BCUT2D eigenvalue weighted by Crippen LogP contribution is 2.41. The number of nitrogen functional groups attached to an aromatic ring is 1. The van der Waals surface area contributed by atoms with E-state index in [1.54, 1.807) is 62.5 Å². The van der Waals surface area contributed by atoms with Crippen molar-refractivity contribution in [2.45, 2.75) is 18.7 Å². The number of hydrogen-bond donors (Lipinski definition) is 1. The van der Waals surface area contributed by atoms with Gasteiger partial charge in [-0.3, -0.25) is 4.98 Å². The number of nitriles is 1. The van der Waals surface area contributed by atoms with Gasteiger partial charge in [0.15, 0.2) is 0 Å². The number of fused-ring (bicyclic) bond motifs is 1. The summed E-state index contributed by atoms with van der Waals surface area (Å²) in [5.74, 6) is 0. The number of aromatic nitrogens is 2. The minimum Gasteiger partial charge on any atom is -0.396 e. The zero-order chi connectivity index (χ0) is 21.6. The quantitative estimate of drug-likeness (QED) is 0.503. The first kappa shape index (κ1) is 20.0. The van der Waals surface area contributed by atoms with Gasteiger partial charge in [0.25, 0.3) is 10.0 Å². The first-order chi connectivity index (χ1) is 14.3. The Kier molecular flexibility index (Phi) is 4.77. The molecule has 0 radical (unpaired) electrons. The first-order valence-corrected chi connectivity index (χ1v) is 10.8. The van der Waals surface area contributed by atoms with E-state index in [1.165, 1.54) is 10.2 Å². The molecule has 2 aromatic heterocycles. The summed E-state index contributed by atoms with van der Waals surface area (Å²) >= 11 is 6.46. The van der Waals surface area contributed by atoms with E-state index in [-0.39, 0.29) is 15.6 Å². The molecule has 6 nitrogen and oxygen atoms in total. The van der Waals surface area contributed by atoms with Gasteiger partial charge in [-0.1, -0.05) is 29.8 Å². The van der Waals surface area contributed by atoms with Crippen LogP contribution in [0.2, 0.25) is 5.02 Å². The smallest absolute Gasteiger partial charge is 0.268 e. The van der Waals surface area contributed by atoms with Crippen LogP contribution in [-0.2, 0) is 10.0 Å². The predicted octanol–water partition coefficient (Wildman–Crippen LogP) is 4.66. The van der Waals surface area contributed by atoms with Gasteiger partial charge in [0, 0.05) is 28.4 Å². The molecule has 0 atom stereocenters. The van der Waals surface area contributed by atoms with Crippen molar-refractivity contribution in [3.8, 4) is 17.2 Å². The van der Waals surface area contributed by atoms with Crippen LogP contribution in [0.4, 0.5) is 5.69 Å². The number of nitrogens with zero attached hydrogens (tertiary/aromatic N) is 3. The van der Waals surface area contributed by atoms with Crippen LogP contribution < -0.4 is 5.73 Å². The zero-order valence-corrected chi connectivity index (χ0v) is 17.8. The van der Waals surface area contributed by atoms with Gasteiger partial charge in [0.1, 0.15) is 0 Å². The molecule has 0 fully saturated rings. The molecule has 2 heterocycles. The van der Waals surface area contributed by atoms with Crippen LogP contribution in [0.3, 0.4) is 0 Å². The van der Waals surface area contributed by atoms with E-state index in [9.17, 15) is 13.7 Å². The second-order valence-corrected chi connectivity index (χ2v) is 9.09. The van der Waals surface area contributed by atoms with Crippen molar-refractivity contribution in [1.29, 1.82) is 5.26 Å². The Hall–Kier alpha value is -3.34. The van der Waals surface area contributed by atoms with Gasteiger partial charge in [-0.15, -0.1) is 0 Å². The lowest BCUT2D eigenvalue weighted by Gasteiger charge is -2.11. The summed E-state index contributed by atoms with van der Waals surface area (Å²) in [6, 6.07) is 13.7. The van der Waals surface area contributed by atoms with Crippen LogP contribution in [0.5, 0.6) is 0 Å². The maximum atomic E-state index is 13.6. The SMILES string of the molecule is Cc1cc2c(cc1C#N)c(-c1cncc(N)c1Cl)c(C)n2S(=O)(=O)c1ccccc1. The van der Waals surface area contributed by atoms with Crippen LogP contribution >= 0.6 is 11.6 Å². The molecule has 2 aromatic carbocycles. The van der Waals surface area contributed by atoms with E-state index in [4.69, 9.17) is 17.3 Å². The van der Waals surface area contributed by atoms with E-state index >= 15 is 0 Å². The standard InChI is InChI=1S/C22H17ClN4O2S/c1-13-8-20-17(9-15(13)10-24)21(18-11-26-12-19(25)22(18)23)14(2)27(20)30(28,29)16-6-4-3-5-7-16/h3-9,11-12H,25H2,1-2H3. The van der Waals surface area contributed by atoms with Crippen LogP contribution in [-0.4, -0.2) is 17.4 Å². The number of hydrogen-bond acceptors (Lipinski definition) is 5. The second kappa shape index (κ2) is 7.17. The molecule has 0 saturated heterocycles. The Morgan fingerprint density at radius 3 is 2.50 bits per heavy atom. The lowest BCUT2D eigenvalue weighted by molar-refractivity contribution is 0.588. The van der Waals surface area contributed by atoms with Crippen molar-refractivity contribution >= 4 is 38.2 Å². The first-order valence-electron chi connectivity index (χ1n) is 9.03. The maximum Gasteiger partial charge on any atom is 0.268 e. The molecule has 8 heteroatoms. The summed E-state index contributed by atoms with van der Waals surface area (Å²) < 4.78 is 28.4. The molecule has 0 bridgehead atoms. The molecule has 0 amide bonds. The third-order valence-corrected chi connectivity index (χ3v) is 7.32. The van der Waals surface area contributed by atoms with Crippen LogP contribution in [0, 0.1) is 25.2 Å². The predicted molar refractivity (Wildman–Crippen MR) is 118 cm³/mol. The highest BCUT2D eigenvalue weighted by molar-refractivity contribution is 7.90. The van der Waals surface area contributed by atoms with Crippen LogP contribution in [0.25, 0.3) is 22.0 Å². The van der Waals surface area contributed by atoms with E-state index < -0.39 is 10.0 Å². The third kappa shape index (κ3) is 2.93. The van der Waals surface area contributed by atoms with Crippen LogP contribution in [0.1, 0.15) is 16.8 Å². The van der Waals surface area contributed by atoms with Crippen molar-refractivity contribution in [1.82, 2.24) is 8.96 Å². The van der Waals surface area contributed by atoms with Gasteiger partial charge >= 0.3 is 0 Å². The summed E-state index contributed by atoms with van der Waals surface area (Å²) in [5.41, 5.74) is 9.35. The van der Waals surface area contributed by atoms with Gasteiger partial charge < -0.3 is 5.73 Å². The number of anilines is 1. The summed E-state index contributed by atoms with van der Waals surface area (Å²) in [6.45, 7) is 3.48. The Bertz CT molecular complexity index is 1450. The van der Waals surface area contributed by atoms with Gasteiger partial charge in [-0.25, -0.2) is 12.4 Å². The maximum absolute atomic E-state index is 13.6. The molecule has 0 unspecified atom stereocenters. The molecule has 0 saturated carbocycles. The average Bonchev–Trinajstić information content (AvgIpc) is 3.01. The molecule has 30 heavy (non-hydrogen) atoms. The van der Waals surface area contributed by atoms with Gasteiger partial charge in [-0.05, 0) is 43.7 Å². The molecule has 0 spiro atoms. The third-order valence-electron chi connectivity index (χ3n) is 5.08. The number of benzene rings is 2. The van der Waals surface area contributed by atoms with E-state index in [0.717, 1.165) is 0 Å². The molecular formula is C22H17ClN4O2S. The van der Waals surface area contributed by atoms with Gasteiger partial charge in [0.05, 0.1) is 39.0 Å². The van der Waals surface area contributed by atoms with E-state index in [2.05, 4.69) is 11.1 Å². The molecule has 150 valence electrons. The second-order valence-electron chi connectivity index (χ2n) is 6.93. The fourth-order valence-corrected chi connectivity index (χ4v) is 5.41. The summed E-state index contributed by atoms with van der Waals surface area (Å²) in [4.78, 5) is 4.29. The van der Waals surface area contributed by atoms with Crippen molar-refractivity contribution in [2.24, 2.45) is 0 Å². The molecule has 4 rings (SSSR count). The topological polar surface area (TPSA) is 102 Å². The largest absolute Gasteiger partial charge is 0.396 e. The highest BCUT2D eigenvalue weighted by atomic mass is 35.5. The van der Waals surface area contributed by atoms with Crippen LogP contribution in [0.15, 0.2) is 59.8 Å². The van der Waals surface area contributed by atoms with Gasteiger partial charge in [-0.2, -0.15) is 5.26 Å². The Morgan fingerprint density at radius 1 is 1.13 bits per heavy atom. The van der Waals surface area contributed by atoms with E-state index in [1.807, 2.05) is 0 Å². The summed E-state index contributed by atoms with van der Waals surface area (Å²) in [5, 5.41) is 10.4. The van der Waals surface area contributed by atoms with Crippen molar-refractivity contribution in [3.63, 3.8) is 0 Å². The zero-order valence-electron chi connectivity index (χ0n) is 16.2. The fourth-order valence-electron chi connectivity index (χ4n) is 3.64. The number of aryl methyl sites for hydroxylation is 1. The monoisotopic (exact) mass is 436 g/mol. The summed E-state index contributed by atoms with van der Waals surface area (Å²) in [7, 11) is -3.90. The fraction of sp³-hybridized carbons (Fsp3) is 0.0909. The Labute approximate surface area is 179 Å². The number of nitrogens with two attached hydrogens (primary N) is 1. The average molecular weight is 437 g/mol. The van der Waals surface area contributed by atoms with Gasteiger partial charge in [0.2, 0.25) is 0 Å². The number of rotatable bonds is 3. The highest BCUT2D eigenvalue weighted by Gasteiger charge is 2.27. The molecule has 2 N–H and O–H groups in total. The lowest BCUT2D eigenvalue weighted by atomic mass is 10.00. The van der Waals surface area contributed by atoms with Crippen molar-refractivity contribution < 1.29 is 8.42 Å². The number of halogens is 1. The Balaban J connectivity index is 2.19. The minimum absolute atomic E-state index is 0.162. The lowest BCUT2D eigenvalue weighted by Crippen LogP contribution is -2.14. The van der Waals surface area contributed by atoms with Crippen molar-refractivity contribution in [2.75, 3.05) is 5.73 Å². The normalized spacial score (nSPS) is 11.5. The molecule has 4 aromatic rings. The number of pyridine rings is 1. The van der Waals surface area contributed by atoms with E-state index in [0.29, 0.717) is 38.9 Å². The molecular weight excluding hydrogens is 420 g/mol. The Morgan fingerprint density at radius 2 is 1.83 bits per heavy atom. The molecule has 0 aliphatic rings. The molecule has 0 aliphatic heterocycles.